The summed E-state index contributed by atoms with van der Waals surface area (Å²) in [6, 6.07) is 9.54. The number of benzene rings is 1. The summed E-state index contributed by atoms with van der Waals surface area (Å²) in [5, 5.41) is 0. The molecule has 0 amide bonds. The highest BCUT2D eigenvalue weighted by molar-refractivity contribution is 5.60. The van der Waals surface area contributed by atoms with E-state index in [4.69, 9.17) is 9.47 Å². The molecule has 0 saturated heterocycles. The first-order chi connectivity index (χ1) is 7.77. The number of hydrogen-bond acceptors (Lipinski definition) is 3. The molecule has 0 aliphatic carbocycles. The molecule has 0 spiro atoms. The van der Waals surface area contributed by atoms with Gasteiger partial charge in [0.15, 0.2) is 0 Å². The monoisotopic (exact) mass is 220 g/mol. The fourth-order valence-corrected chi connectivity index (χ4v) is 1.29. The Morgan fingerprint density at radius 3 is 2.62 bits per heavy atom. The normalized spacial score (nSPS) is 12.4. The highest BCUT2D eigenvalue weighted by Crippen LogP contribution is 2.19. The van der Waals surface area contributed by atoms with Crippen LogP contribution in [0.15, 0.2) is 42.5 Å². The van der Waals surface area contributed by atoms with Crippen LogP contribution in [0.25, 0.3) is 0 Å². The lowest BCUT2D eigenvalue weighted by Crippen LogP contribution is -2.11. The van der Waals surface area contributed by atoms with Crippen molar-refractivity contribution in [2.45, 2.75) is 20.0 Å². The van der Waals surface area contributed by atoms with E-state index < -0.39 is 6.16 Å². The van der Waals surface area contributed by atoms with Crippen LogP contribution in [0.4, 0.5) is 4.79 Å². The van der Waals surface area contributed by atoms with Crippen molar-refractivity contribution in [1.29, 1.82) is 0 Å². The molecule has 0 N–H and O–H groups in total. The Bertz CT molecular complexity index is 343. The van der Waals surface area contributed by atoms with Gasteiger partial charge in [0.25, 0.3) is 0 Å². The van der Waals surface area contributed by atoms with Crippen molar-refractivity contribution in [2.24, 2.45) is 0 Å². The highest BCUT2D eigenvalue weighted by atomic mass is 16.7. The third-order valence-electron chi connectivity index (χ3n) is 1.98. The molecule has 0 fully saturated rings. The molecule has 3 heteroatoms. The Morgan fingerprint density at radius 1 is 1.38 bits per heavy atom. The number of rotatable bonds is 4. The maximum absolute atomic E-state index is 11.2. The lowest BCUT2D eigenvalue weighted by atomic mass is 10.1. The SMILES string of the molecule is C/C=C/C(OC(=O)OCC)c1ccccc1. The van der Waals surface area contributed by atoms with E-state index >= 15 is 0 Å². The third-order valence-corrected chi connectivity index (χ3v) is 1.98. The van der Waals surface area contributed by atoms with Gasteiger partial charge < -0.3 is 9.47 Å². The zero-order valence-electron chi connectivity index (χ0n) is 9.55. The number of allylic oxidation sites excluding steroid dienone is 1. The van der Waals surface area contributed by atoms with Gasteiger partial charge in [-0.25, -0.2) is 4.79 Å². The molecule has 1 aromatic carbocycles. The fourth-order valence-electron chi connectivity index (χ4n) is 1.29. The number of carbonyl (C=O) groups excluding carboxylic acids is 1. The highest BCUT2D eigenvalue weighted by Gasteiger charge is 2.13. The Kier molecular flexibility index (Phi) is 5.12. The summed E-state index contributed by atoms with van der Waals surface area (Å²) in [6.07, 6.45) is 2.63. The van der Waals surface area contributed by atoms with Gasteiger partial charge in [-0.05, 0) is 25.5 Å². The largest absolute Gasteiger partial charge is 0.509 e. The van der Waals surface area contributed by atoms with Gasteiger partial charge in [-0.3, -0.25) is 0 Å². The van der Waals surface area contributed by atoms with E-state index in [9.17, 15) is 4.79 Å². The topological polar surface area (TPSA) is 35.5 Å². The second-order valence-electron chi connectivity index (χ2n) is 3.16. The van der Waals surface area contributed by atoms with Gasteiger partial charge in [0.2, 0.25) is 0 Å². The first-order valence-corrected chi connectivity index (χ1v) is 5.29. The molecule has 0 aliphatic heterocycles. The van der Waals surface area contributed by atoms with Crippen molar-refractivity contribution in [3.05, 3.63) is 48.0 Å². The lowest BCUT2D eigenvalue weighted by Gasteiger charge is -2.13. The van der Waals surface area contributed by atoms with E-state index in [1.165, 1.54) is 0 Å². The summed E-state index contributed by atoms with van der Waals surface area (Å²) >= 11 is 0. The summed E-state index contributed by atoms with van der Waals surface area (Å²) in [4.78, 5) is 11.2. The minimum absolute atomic E-state index is 0.316. The van der Waals surface area contributed by atoms with Gasteiger partial charge in [-0.2, -0.15) is 0 Å². The van der Waals surface area contributed by atoms with Crippen LogP contribution in [-0.2, 0) is 9.47 Å². The van der Waals surface area contributed by atoms with E-state index in [1.54, 1.807) is 6.92 Å². The molecule has 3 nitrogen and oxygen atoms in total. The van der Waals surface area contributed by atoms with Crippen LogP contribution in [0.2, 0.25) is 0 Å². The Labute approximate surface area is 95.7 Å². The van der Waals surface area contributed by atoms with Crippen LogP contribution in [0, 0.1) is 0 Å². The molecule has 86 valence electrons. The molecular formula is C13H16O3. The van der Waals surface area contributed by atoms with E-state index in [0.717, 1.165) is 5.56 Å². The molecule has 1 unspecified atom stereocenters. The summed E-state index contributed by atoms with van der Waals surface area (Å²) in [6.45, 7) is 3.94. The van der Waals surface area contributed by atoms with Crippen molar-refractivity contribution in [3.63, 3.8) is 0 Å². The fraction of sp³-hybridized carbons (Fsp3) is 0.308. The molecule has 1 rings (SSSR count). The molecule has 0 radical (unpaired) electrons. The molecule has 16 heavy (non-hydrogen) atoms. The maximum atomic E-state index is 11.2. The van der Waals surface area contributed by atoms with Crippen molar-refractivity contribution in [3.8, 4) is 0 Å². The second kappa shape index (κ2) is 6.67. The van der Waals surface area contributed by atoms with Gasteiger partial charge in [0, 0.05) is 0 Å². The average molecular weight is 220 g/mol. The van der Waals surface area contributed by atoms with Crippen molar-refractivity contribution < 1.29 is 14.3 Å². The minimum Gasteiger partial charge on any atom is -0.435 e. The third kappa shape index (κ3) is 3.77. The molecule has 0 heterocycles. The lowest BCUT2D eigenvalue weighted by molar-refractivity contribution is 0.0401. The molecule has 0 aliphatic rings. The van der Waals surface area contributed by atoms with Crippen LogP contribution in [-0.4, -0.2) is 12.8 Å². The number of hydrogen-bond donors (Lipinski definition) is 0. The minimum atomic E-state index is -0.644. The van der Waals surface area contributed by atoms with Crippen LogP contribution >= 0.6 is 0 Å². The Morgan fingerprint density at radius 2 is 2.06 bits per heavy atom. The van der Waals surface area contributed by atoms with E-state index in [-0.39, 0.29) is 6.10 Å². The summed E-state index contributed by atoms with van der Waals surface area (Å²) in [7, 11) is 0. The first-order valence-electron chi connectivity index (χ1n) is 5.29. The van der Waals surface area contributed by atoms with Gasteiger partial charge in [0.1, 0.15) is 6.10 Å². The van der Waals surface area contributed by atoms with Gasteiger partial charge in [-0.15, -0.1) is 0 Å². The van der Waals surface area contributed by atoms with Crippen LogP contribution in [0.1, 0.15) is 25.5 Å². The molecule has 0 saturated carbocycles. The van der Waals surface area contributed by atoms with E-state index in [2.05, 4.69) is 0 Å². The van der Waals surface area contributed by atoms with Crippen LogP contribution in [0.3, 0.4) is 0 Å². The maximum Gasteiger partial charge on any atom is 0.509 e. The molecule has 0 bridgehead atoms. The van der Waals surface area contributed by atoms with Crippen LogP contribution < -0.4 is 0 Å². The standard InChI is InChI=1S/C13H16O3/c1-3-8-12(16-13(14)15-4-2)11-9-6-5-7-10-11/h3,5-10,12H,4H2,1-2H3/b8-3+. The second-order valence-corrected chi connectivity index (χ2v) is 3.16. The van der Waals surface area contributed by atoms with Crippen molar-refractivity contribution in [1.82, 2.24) is 0 Å². The zero-order chi connectivity index (χ0) is 11.8. The first kappa shape index (κ1) is 12.3. The molecular weight excluding hydrogens is 204 g/mol. The van der Waals surface area contributed by atoms with Gasteiger partial charge in [-0.1, -0.05) is 36.4 Å². The number of carbonyl (C=O) groups is 1. The summed E-state index contributed by atoms with van der Waals surface area (Å²) in [5.41, 5.74) is 0.925. The predicted molar refractivity (Wildman–Crippen MR) is 62.1 cm³/mol. The zero-order valence-corrected chi connectivity index (χ0v) is 9.55. The van der Waals surface area contributed by atoms with Gasteiger partial charge in [0.05, 0.1) is 6.61 Å². The van der Waals surface area contributed by atoms with Crippen molar-refractivity contribution in [2.75, 3.05) is 6.61 Å². The van der Waals surface area contributed by atoms with Gasteiger partial charge >= 0.3 is 6.16 Å². The predicted octanol–water partition coefficient (Wildman–Crippen LogP) is 3.48. The van der Waals surface area contributed by atoms with E-state index in [0.29, 0.717) is 6.61 Å². The summed E-state index contributed by atoms with van der Waals surface area (Å²) in [5.74, 6) is 0. The quantitative estimate of drug-likeness (QED) is 0.575. The Balaban J connectivity index is 2.72. The van der Waals surface area contributed by atoms with E-state index in [1.807, 2.05) is 49.4 Å². The van der Waals surface area contributed by atoms with Crippen molar-refractivity contribution >= 4 is 6.16 Å². The smallest absolute Gasteiger partial charge is 0.435 e. The Hall–Kier alpha value is -1.77. The summed E-state index contributed by atoms with van der Waals surface area (Å²) < 4.78 is 9.91. The van der Waals surface area contributed by atoms with Crippen LogP contribution in [0.5, 0.6) is 0 Å². The molecule has 1 atom stereocenters. The molecule has 0 aromatic heterocycles. The average Bonchev–Trinajstić information content (AvgIpc) is 2.30. The number of ether oxygens (including phenoxy) is 2. The molecule has 1 aromatic rings.